The molecule has 10 nitrogen and oxygen atoms in total. The first-order valence-corrected chi connectivity index (χ1v) is 48.2. The van der Waals surface area contributed by atoms with Gasteiger partial charge in [0.25, 0.3) is 6.71 Å². The number of nitriles is 4. The van der Waals surface area contributed by atoms with E-state index in [2.05, 4.69) is 366 Å². The Morgan fingerprint density at radius 2 is 0.664 bits per heavy atom. The van der Waals surface area contributed by atoms with Gasteiger partial charge in [0.15, 0.2) is 0 Å². The van der Waals surface area contributed by atoms with E-state index < -0.39 is 46.3 Å². The fraction of sp³-hybridized carbons (Fsp3) is 0.150. The Morgan fingerprint density at radius 1 is 0.315 bits per heavy atom. The van der Waals surface area contributed by atoms with Crippen LogP contribution >= 0.6 is 0 Å². The van der Waals surface area contributed by atoms with E-state index in [1.165, 1.54) is 137 Å². The third-order valence-corrected chi connectivity index (χ3v) is 27.8. The number of nitrogens with zero attached hydrogens (tertiary/aromatic N) is 9. The van der Waals surface area contributed by atoms with Crippen LogP contribution in [0, 0.1) is 63.9 Å². The Bertz CT molecular complexity index is 8100. The third-order valence-electron chi connectivity index (χ3n) is 27.8. The number of allylic oxidation sites excluding steroid dienone is 2. The minimum atomic E-state index is -4.99. The van der Waals surface area contributed by atoms with Crippen LogP contribution in [0.25, 0.3) is 111 Å². The van der Waals surface area contributed by atoms with Gasteiger partial charge in [-0.15, -0.1) is 0 Å². The molecule has 0 fully saturated rings. The summed E-state index contributed by atoms with van der Waals surface area (Å²) in [5.74, 6) is -2.95. The van der Waals surface area contributed by atoms with Crippen molar-refractivity contribution in [1.29, 1.82) is 21.0 Å². The molecule has 2 aromatic heterocycles. The minimum Gasteiger partial charge on any atom is -0.455 e. The zero-order valence-electron chi connectivity index (χ0n) is 82.4. The van der Waals surface area contributed by atoms with Crippen molar-refractivity contribution in [3.63, 3.8) is 0 Å². The maximum atomic E-state index is 14.1. The molecule has 714 valence electrons. The third kappa shape index (κ3) is 17.8. The van der Waals surface area contributed by atoms with E-state index in [-0.39, 0.29) is 95.7 Å². The number of hydrogen-bond acceptors (Lipinski definition) is 10. The number of aryl methyl sites for hydroxylation is 1. The number of hydrogen-bond donors (Lipinski definition) is 0. The van der Waals surface area contributed by atoms with Crippen LogP contribution < -0.4 is 31.1 Å². The molecule has 19 heteroatoms. The molecule has 0 unspecified atom stereocenters. The number of aromatic nitrogens is 2. The van der Waals surface area contributed by atoms with Crippen LogP contribution in [0.1, 0.15) is 145 Å². The van der Waals surface area contributed by atoms with Gasteiger partial charge >= 0.3 is 12.4 Å². The predicted molar refractivity (Wildman–Crippen MR) is 573 cm³/mol. The number of rotatable bonds is 10. The average molecular weight is 1930 g/mol. The molecule has 2 aliphatic carbocycles. The minimum absolute atomic E-state index is 0.00677. The first-order valence-electron chi connectivity index (χ1n) is 48.2. The van der Waals surface area contributed by atoms with Gasteiger partial charge in [-0.25, -0.2) is 18.7 Å². The van der Waals surface area contributed by atoms with E-state index in [9.17, 15) is 56.2 Å². The lowest BCUT2D eigenvalue weighted by Crippen LogP contribution is -2.61. The first kappa shape index (κ1) is 96.2. The van der Waals surface area contributed by atoms with Gasteiger partial charge in [0, 0.05) is 89.8 Å². The largest absolute Gasteiger partial charge is 0.455 e. The van der Waals surface area contributed by atoms with Gasteiger partial charge in [0.05, 0.1) is 22.5 Å². The summed E-state index contributed by atoms with van der Waals surface area (Å²) in [4.78, 5) is 16.9. The highest BCUT2D eigenvalue weighted by atomic mass is 19.4. The molecular formula is C127H96BF8N9O. The SMILES string of the molecule is Cc1cc2c3c(c1)N(c1ccc(C(C)(C)C)cc1)c1ccc(C(C)(C)C)cc1B3c1cc(C(C)(C)C)ccc1N2c1ccc(C(C)(C)C)cc1.N#CC(C#N)=C1c2cc(-c3ccc(F)c(C(F)(F)F)c3)ccc2-c2nc3c(nc21)-c1ccc(-c2ccc(F)c(C(F)(F)F)c2)cc1C3=C(C#N)C#N.c1ccc(-c2ccc(N(c3ccc(-c4ccccc4)cc3)c3ccc(-c4cccc5c4oc4ccccc45)cc3)cc2)cc1. The Morgan fingerprint density at radius 3 is 1.05 bits per heavy atom. The standard InChI is InChI=1S/C47H55BN2.C42H29NO.C38H12F8N6/c1-30-26-41-43-42(27-30)50(36-22-16-32(17-23-36)45(5,6)7)40-25-19-34(47(11,12)13)29-38(40)48(43)37-28-33(46(8,9)10)18-24-39(37)49(41)35-20-14-31(15-21-35)44(2,3)4;1-3-10-30(11-4-1)32-18-24-35(25-19-32)43(36-26-20-33(21-27-36)31-12-5-2-6-13-31)37-28-22-34(23-29-37)38-15-9-16-40-39-14-7-8-17-41(39)44-42(38)40;39-29-7-3-19(11-27(29)37(41,42)43)17-1-5-23-25(9-17)31(21(13-47)14-48)35-33(23)51-36-32(22(15-49)16-50)26-10-18(2-6-24(26)34(36)52-35)20-4-8-30(40)28(12-20)38(44,45)46/h14-29H,1-13H3;1-29H;1-12H. The van der Waals surface area contributed by atoms with Crippen LogP contribution in [0.4, 0.5) is 86.3 Å². The molecule has 0 radical (unpaired) electrons. The van der Waals surface area contributed by atoms with Crippen LogP contribution in [0.5, 0.6) is 0 Å². The average Bonchev–Trinajstić information content (AvgIpc) is 1.05. The van der Waals surface area contributed by atoms with Crippen LogP contribution in [0.15, 0.2) is 361 Å². The van der Waals surface area contributed by atoms with Gasteiger partial charge < -0.3 is 19.1 Å². The van der Waals surface area contributed by atoms with Crippen LogP contribution in [0.2, 0.25) is 0 Å². The number of alkyl halides is 6. The molecule has 0 spiro atoms. The molecule has 0 N–H and O–H groups in total. The molecule has 22 rings (SSSR count). The lowest BCUT2D eigenvalue weighted by Gasteiger charge is -2.45. The molecule has 16 aromatic carbocycles. The quantitative estimate of drug-likeness (QED) is 0.0737. The first-order chi connectivity index (χ1) is 69.7. The predicted octanol–water partition coefficient (Wildman–Crippen LogP) is 33.1. The summed E-state index contributed by atoms with van der Waals surface area (Å²) in [6.07, 6.45) is -9.97. The van der Waals surface area contributed by atoms with Gasteiger partial charge in [0.1, 0.15) is 69.6 Å². The van der Waals surface area contributed by atoms with Crippen molar-refractivity contribution < 1.29 is 39.5 Å². The lowest BCUT2D eigenvalue weighted by atomic mass is 9.33. The Kier molecular flexibility index (Phi) is 24.3. The maximum absolute atomic E-state index is 14.1. The van der Waals surface area contributed by atoms with E-state index in [0.29, 0.717) is 35.4 Å². The number of benzene rings is 16. The maximum Gasteiger partial charge on any atom is 0.419 e. The smallest absolute Gasteiger partial charge is 0.419 e. The Hall–Kier alpha value is -17.3. The van der Waals surface area contributed by atoms with Crippen LogP contribution in [0.3, 0.4) is 0 Å². The Labute approximate surface area is 843 Å². The molecule has 0 saturated carbocycles. The second kappa shape index (κ2) is 36.9. The van der Waals surface area contributed by atoms with Gasteiger partial charge in [-0.05, 0) is 261 Å². The molecule has 4 aliphatic rings. The highest BCUT2D eigenvalue weighted by Gasteiger charge is 2.46. The summed E-state index contributed by atoms with van der Waals surface area (Å²) in [5.41, 5.74) is 28.4. The van der Waals surface area contributed by atoms with Gasteiger partial charge in [-0.1, -0.05) is 301 Å². The highest BCUT2D eigenvalue weighted by molar-refractivity contribution is 7.00. The summed E-state index contributed by atoms with van der Waals surface area (Å²) in [6, 6.07) is 121. The molecule has 18 aromatic rings. The van der Waals surface area contributed by atoms with E-state index in [4.69, 9.17) is 14.4 Å². The van der Waals surface area contributed by atoms with Crippen molar-refractivity contribution in [3.8, 4) is 102 Å². The van der Waals surface area contributed by atoms with Crippen molar-refractivity contribution >= 4 is 107 Å². The van der Waals surface area contributed by atoms with Gasteiger partial charge in [-0.3, -0.25) is 0 Å². The van der Waals surface area contributed by atoms with Crippen molar-refractivity contribution in [1.82, 2.24) is 9.97 Å². The number of fused-ring (bicyclic) bond motifs is 13. The zero-order chi connectivity index (χ0) is 103. The molecule has 0 atom stereocenters. The second-order valence-corrected chi connectivity index (χ2v) is 41.4. The van der Waals surface area contributed by atoms with Crippen LogP contribution in [-0.4, -0.2) is 16.7 Å². The topological polar surface area (TPSA) is 144 Å². The van der Waals surface area contributed by atoms with Crippen molar-refractivity contribution in [3.05, 3.63) is 430 Å². The summed E-state index contributed by atoms with van der Waals surface area (Å²) in [7, 11) is 0. The number of anilines is 9. The summed E-state index contributed by atoms with van der Waals surface area (Å²) >= 11 is 0. The fourth-order valence-electron chi connectivity index (χ4n) is 20.2. The number of furan rings is 1. The van der Waals surface area contributed by atoms with Crippen molar-refractivity contribution in [2.75, 3.05) is 14.7 Å². The molecular weight excluding hydrogens is 1830 g/mol. The van der Waals surface area contributed by atoms with E-state index in [0.717, 1.165) is 62.3 Å². The normalized spacial score (nSPS) is 12.7. The number of halogens is 8. The van der Waals surface area contributed by atoms with E-state index >= 15 is 0 Å². The molecule has 2 aliphatic heterocycles. The fourth-order valence-corrected chi connectivity index (χ4v) is 20.2. The van der Waals surface area contributed by atoms with Crippen molar-refractivity contribution in [2.45, 2.75) is 124 Å². The summed E-state index contributed by atoms with van der Waals surface area (Å²) in [5, 5.41) is 42.0. The highest BCUT2D eigenvalue weighted by Crippen LogP contribution is 2.54. The molecule has 0 bridgehead atoms. The van der Waals surface area contributed by atoms with E-state index in [1.807, 2.05) is 12.1 Å². The molecule has 0 amide bonds. The van der Waals surface area contributed by atoms with Gasteiger partial charge in [0.2, 0.25) is 0 Å². The lowest BCUT2D eigenvalue weighted by molar-refractivity contribution is -0.140. The van der Waals surface area contributed by atoms with E-state index in [1.54, 1.807) is 24.3 Å². The monoisotopic (exact) mass is 1930 g/mol. The van der Waals surface area contributed by atoms with Gasteiger partial charge in [-0.2, -0.15) is 47.4 Å². The van der Waals surface area contributed by atoms with Crippen molar-refractivity contribution in [2.24, 2.45) is 0 Å². The summed E-state index contributed by atoms with van der Waals surface area (Å²) in [6.45, 7) is 30.1. The Balaban J connectivity index is 0.000000134. The number of para-hydroxylation sites is 2. The summed E-state index contributed by atoms with van der Waals surface area (Å²) < 4.78 is 116. The zero-order valence-corrected chi connectivity index (χ0v) is 82.4. The van der Waals surface area contributed by atoms with Crippen LogP contribution in [-0.2, 0) is 34.0 Å². The second-order valence-electron chi connectivity index (χ2n) is 41.4. The molecule has 0 saturated heterocycles. The molecule has 146 heavy (non-hydrogen) atoms. The molecule has 4 heterocycles.